The number of para-hydroxylation sites is 1. The highest BCUT2D eigenvalue weighted by atomic mass is 19.1. The van der Waals surface area contributed by atoms with Gasteiger partial charge in [-0.1, -0.05) is 24.3 Å². The fraction of sp³-hybridized carbons (Fsp3) is 0.400. The molecule has 0 unspecified atom stereocenters. The SMILES string of the molecule is COc1cccc(C[NH2+]C[C@@H]2CCCO2)c1OCc1ccccc1F. The molecule has 2 aromatic carbocycles. The van der Waals surface area contributed by atoms with Crippen LogP contribution in [-0.2, 0) is 17.9 Å². The van der Waals surface area contributed by atoms with Gasteiger partial charge in [0.15, 0.2) is 11.5 Å². The van der Waals surface area contributed by atoms with Crippen molar-refractivity contribution in [3.05, 3.63) is 59.4 Å². The first-order valence-electron chi connectivity index (χ1n) is 8.73. The maximum atomic E-state index is 13.8. The van der Waals surface area contributed by atoms with Crippen molar-refractivity contribution in [2.24, 2.45) is 0 Å². The lowest BCUT2D eigenvalue weighted by atomic mass is 10.1. The number of quaternary nitrogens is 1. The Kier molecular flexibility index (Phi) is 6.25. The molecule has 1 fully saturated rings. The zero-order valence-corrected chi connectivity index (χ0v) is 14.5. The number of ether oxygens (including phenoxy) is 3. The van der Waals surface area contributed by atoms with E-state index in [0.29, 0.717) is 23.2 Å². The van der Waals surface area contributed by atoms with Gasteiger partial charge >= 0.3 is 0 Å². The summed E-state index contributed by atoms with van der Waals surface area (Å²) in [5, 5.41) is 2.22. The Balaban J connectivity index is 1.66. The summed E-state index contributed by atoms with van der Waals surface area (Å²) in [4.78, 5) is 0. The third kappa shape index (κ3) is 4.71. The van der Waals surface area contributed by atoms with E-state index < -0.39 is 0 Å². The zero-order valence-electron chi connectivity index (χ0n) is 14.5. The Labute approximate surface area is 147 Å². The van der Waals surface area contributed by atoms with E-state index in [0.717, 1.165) is 38.1 Å². The number of nitrogens with two attached hydrogens (primary N) is 1. The van der Waals surface area contributed by atoms with Crippen LogP contribution in [0, 0.1) is 5.82 Å². The van der Waals surface area contributed by atoms with Crippen molar-refractivity contribution >= 4 is 0 Å². The average Bonchev–Trinajstić information content (AvgIpc) is 3.15. The summed E-state index contributed by atoms with van der Waals surface area (Å²) in [5.74, 6) is 1.08. The summed E-state index contributed by atoms with van der Waals surface area (Å²) in [7, 11) is 1.62. The van der Waals surface area contributed by atoms with E-state index in [1.54, 1.807) is 25.3 Å². The van der Waals surface area contributed by atoms with Crippen LogP contribution in [-0.4, -0.2) is 26.4 Å². The van der Waals surface area contributed by atoms with Crippen molar-refractivity contribution in [2.75, 3.05) is 20.3 Å². The molecular weight excluding hydrogens is 321 g/mol. The smallest absolute Gasteiger partial charge is 0.170 e. The van der Waals surface area contributed by atoms with Crippen LogP contribution in [0.4, 0.5) is 4.39 Å². The fourth-order valence-electron chi connectivity index (χ4n) is 3.07. The predicted molar refractivity (Wildman–Crippen MR) is 93.2 cm³/mol. The van der Waals surface area contributed by atoms with Crippen LogP contribution in [0.3, 0.4) is 0 Å². The van der Waals surface area contributed by atoms with Crippen molar-refractivity contribution in [1.82, 2.24) is 0 Å². The van der Waals surface area contributed by atoms with Crippen molar-refractivity contribution in [1.29, 1.82) is 0 Å². The van der Waals surface area contributed by atoms with Crippen molar-refractivity contribution in [3.8, 4) is 11.5 Å². The van der Waals surface area contributed by atoms with Crippen LogP contribution < -0.4 is 14.8 Å². The van der Waals surface area contributed by atoms with Crippen LogP contribution in [0.5, 0.6) is 11.5 Å². The first-order chi connectivity index (χ1) is 12.3. The standard InChI is InChI=1S/C20H24FNO3/c1-23-19-10-4-7-15(12-22-13-17-8-5-11-24-17)20(19)25-14-16-6-2-3-9-18(16)21/h2-4,6-7,9-10,17,22H,5,8,11-14H2,1H3/p+1/t17-/m0/s1. The molecule has 0 aliphatic carbocycles. The second-order valence-electron chi connectivity index (χ2n) is 6.19. The molecule has 0 aromatic heterocycles. The van der Waals surface area contributed by atoms with E-state index in [2.05, 4.69) is 5.32 Å². The first kappa shape index (κ1) is 17.7. The summed E-state index contributed by atoms with van der Waals surface area (Å²) in [5.41, 5.74) is 1.57. The third-order valence-corrected chi connectivity index (χ3v) is 4.43. The largest absolute Gasteiger partial charge is 0.493 e. The molecule has 0 saturated carbocycles. The van der Waals surface area contributed by atoms with Crippen molar-refractivity contribution in [3.63, 3.8) is 0 Å². The molecule has 4 nitrogen and oxygen atoms in total. The minimum absolute atomic E-state index is 0.172. The number of methoxy groups -OCH3 is 1. The minimum Gasteiger partial charge on any atom is -0.493 e. The van der Waals surface area contributed by atoms with Gasteiger partial charge in [0.1, 0.15) is 31.6 Å². The van der Waals surface area contributed by atoms with Gasteiger partial charge in [0.05, 0.1) is 12.7 Å². The summed E-state index contributed by atoms with van der Waals surface area (Å²) in [6.45, 7) is 2.74. The Bertz CT molecular complexity index is 686. The molecule has 25 heavy (non-hydrogen) atoms. The second-order valence-corrected chi connectivity index (χ2v) is 6.19. The van der Waals surface area contributed by atoms with Gasteiger partial charge in [-0.3, -0.25) is 0 Å². The molecule has 1 atom stereocenters. The van der Waals surface area contributed by atoms with Crippen LogP contribution in [0.1, 0.15) is 24.0 Å². The van der Waals surface area contributed by atoms with E-state index in [1.807, 2.05) is 18.2 Å². The molecule has 2 aromatic rings. The maximum absolute atomic E-state index is 13.8. The normalized spacial score (nSPS) is 16.8. The third-order valence-electron chi connectivity index (χ3n) is 4.43. The second kappa shape index (κ2) is 8.83. The van der Waals surface area contributed by atoms with Gasteiger partial charge in [0.2, 0.25) is 0 Å². The van der Waals surface area contributed by atoms with Crippen LogP contribution >= 0.6 is 0 Å². The van der Waals surface area contributed by atoms with Crippen molar-refractivity contribution in [2.45, 2.75) is 32.1 Å². The van der Waals surface area contributed by atoms with Gasteiger partial charge in [0, 0.05) is 12.2 Å². The Morgan fingerprint density at radius 1 is 1.16 bits per heavy atom. The van der Waals surface area contributed by atoms with Gasteiger partial charge in [-0.15, -0.1) is 0 Å². The first-order valence-corrected chi connectivity index (χ1v) is 8.73. The molecule has 5 heteroatoms. The fourth-order valence-corrected chi connectivity index (χ4v) is 3.07. The molecule has 1 heterocycles. The highest BCUT2D eigenvalue weighted by molar-refractivity contribution is 5.46. The lowest BCUT2D eigenvalue weighted by molar-refractivity contribution is -0.676. The molecule has 1 saturated heterocycles. The highest BCUT2D eigenvalue weighted by Gasteiger charge is 2.18. The van der Waals surface area contributed by atoms with Gasteiger partial charge in [-0.2, -0.15) is 0 Å². The van der Waals surface area contributed by atoms with Crippen LogP contribution in [0.25, 0.3) is 0 Å². The molecule has 0 spiro atoms. The molecule has 0 amide bonds. The molecule has 3 rings (SSSR count). The van der Waals surface area contributed by atoms with E-state index in [4.69, 9.17) is 14.2 Å². The zero-order chi connectivity index (χ0) is 17.5. The molecule has 2 N–H and O–H groups in total. The van der Waals surface area contributed by atoms with Gasteiger partial charge in [-0.05, 0) is 31.0 Å². The molecular formula is C20H25FNO3+. The summed E-state index contributed by atoms with van der Waals surface area (Å²) >= 11 is 0. The average molecular weight is 346 g/mol. The van der Waals surface area contributed by atoms with Crippen molar-refractivity contribution < 1.29 is 23.9 Å². The summed E-state index contributed by atoms with van der Waals surface area (Å²) in [6, 6.07) is 12.5. The number of hydrogen-bond donors (Lipinski definition) is 1. The molecule has 1 aliphatic rings. The van der Waals surface area contributed by atoms with E-state index >= 15 is 0 Å². The molecule has 0 bridgehead atoms. The van der Waals surface area contributed by atoms with Crippen LogP contribution in [0.15, 0.2) is 42.5 Å². The lowest BCUT2D eigenvalue weighted by Crippen LogP contribution is -2.84. The Morgan fingerprint density at radius 2 is 2.00 bits per heavy atom. The topological polar surface area (TPSA) is 44.3 Å². The summed E-state index contributed by atoms with van der Waals surface area (Å²) in [6.07, 6.45) is 2.62. The summed E-state index contributed by atoms with van der Waals surface area (Å²) < 4.78 is 30.8. The lowest BCUT2D eigenvalue weighted by Gasteiger charge is -2.15. The highest BCUT2D eigenvalue weighted by Crippen LogP contribution is 2.31. The molecule has 134 valence electrons. The predicted octanol–water partition coefficient (Wildman–Crippen LogP) is 2.66. The van der Waals surface area contributed by atoms with E-state index in [9.17, 15) is 4.39 Å². The number of hydrogen-bond acceptors (Lipinski definition) is 3. The number of rotatable bonds is 8. The van der Waals surface area contributed by atoms with Gasteiger partial charge in [0.25, 0.3) is 0 Å². The maximum Gasteiger partial charge on any atom is 0.170 e. The van der Waals surface area contributed by atoms with E-state index in [-0.39, 0.29) is 12.4 Å². The minimum atomic E-state index is -0.260. The number of halogens is 1. The van der Waals surface area contributed by atoms with Gasteiger partial charge in [-0.25, -0.2) is 4.39 Å². The van der Waals surface area contributed by atoms with E-state index in [1.165, 1.54) is 6.07 Å². The van der Waals surface area contributed by atoms with Gasteiger partial charge < -0.3 is 19.5 Å². The molecule has 1 aliphatic heterocycles. The quantitative estimate of drug-likeness (QED) is 0.799. The Morgan fingerprint density at radius 3 is 2.76 bits per heavy atom. The number of benzene rings is 2. The monoisotopic (exact) mass is 346 g/mol. The molecule has 0 radical (unpaired) electrons. The Hall–Kier alpha value is -2.11. The van der Waals surface area contributed by atoms with Crippen LogP contribution in [0.2, 0.25) is 0 Å².